The van der Waals surface area contributed by atoms with E-state index in [1.165, 1.54) is 10.7 Å². The van der Waals surface area contributed by atoms with Crippen LogP contribution in [0.4, 0.5) is 5.82 Å². The smallest absolute Gasteiger partial charge is 0.348 e. The highest BCUT2D eigenvalue weighted by molar-refractivity contribution is 5.48. The largest absolute Gasteiger partial charge is 0.393 e. The predicted octanol–water partition coefficient (Wildman–Crippen LogP) is -0.00950. The van der Waals surface area contributed by atoms with Crippen LogP contribution in [0.25, 0.3) is 5.65 Å². The minimum Gasteiger partial charge on any atom is -0.393 e. The maximum Gasteiger partial charge on any atom is 0.348 e. The van der Waals surface area contributed by atoms with Crippen molar-refractivity contribution in [3.63, 3.8) is 0 Å². The molecule has 0 amide bonds. The van der Waals surface area contributed by atoms with Crippen molar-refractivity contribution in [1.82, 2.24) is 19.6 Å². The van der Waals surface area contributed by atoms with Gasteiger partial charge in [0.2, 0.25) is 0 Å². The molecule has 0 aliphatic heterocycles. The number of aromatic amines is 1. The average molecular weight is 237 g/mol. The molecule has 2 aromatic heterocycles. The highest BCUT2D eigenvalue weighted by Gasteiger charge is 2.02. The number of rotatable bonds is 5. The Kier molecular flexibility index (Phi) is 3.38. The molecular formula is C10H15N5O2. The van der Waals surface area contributed by atoms with Crippen LogP contribution in [0.5, 0.6) is 0 Å². The molecule has 0 spiro atoms. The summed E-state index contributed by atoms with van der Waals surface area (Å²) in [6.07, 6.45) is 2.75. The molecule has 2 heterocycles. The first-order valence-electron chi connectivity index (χ1n) is 5.51. The zero-order chi connectivity index (χ0) is 12.3. The summed E-state index contributed by atoms with van der Waals surface area (Å²) < 4.78 is 1.33. The first kappa shape index (κ1) is 11.6. The minimum atomic E-state index is -0.298. The van der Waals surface area contributed by atoms with E-state index in [9.17, 15) is 4.79 Å². The standard InChI is InChI=1S/C10H15N5O2/c1-7(16)3-2-4-11-8-5-9-13-14-10(17)15(9)6-12-8/h5-7,11,16H,2-4H2,1H3,(H,14,17). The molecule has 0 saturated carbocycles. The first-order chi connectivity index (χ1) is 8.16. The Bertz CT molecular complexity index is 545. The summed E-state index contributed by atoms with van der Waals surface area (Å²) in [7, 11) is 0. The molecular weight excluding hydrogens is 222 g/mol. The van der Waals surface area contributed by atoms with Gasteiger partial charge in [0.15, 0.2) is 5.65 Å². The summed E-state index contributed by atoms with van der Waals surface area (Å²) in [4.78, 5) is 15.3. The van der Waals surface area contributed by atoms with Gasteiger partial charge in [0, 0.05) is 12.6 Å². The molecule has 7 nitrogen and oxygen atoms in total. The second-order valence-electron chi connectivity index (χ2n) is 3.95. The molecule has 7 heteroatoms. The molecule has 0 aromatic carbocycles. The van der Waals surface area contributed by atoms with E-state index in [0.717, 1.165) is 19.4 Å². The number of nitrogens with one attached hydrogen (secondary N) is 2. The predicted molar refractivity (Wildman–Crippen MR) is 63.0 cm³/mol. The molecule has 0 fully saturated rings. The lowest BCUT2D eigenvalue weighted by Gasteiger charge is -2.06. The van der Waals surface area contributed by atoms with Crippen molar-refractivity contribution in [2.24, 2.45) is 0 Å². The number of anilines is 1. The Hall–Kier alpha value is -1.89. The summed E-state index contributed by atoms with van der Waals surface area (Å²) >= 11 is 0. The normalized spacial score (nSPS) is 12.8. The van der Waals surface area contributed by atoms with E-state index in [1.807, 2.05) is 0 Å². The Balaban J connectivity index is 1.97. The topological polar surface area (TPSA) is 95.3 Å². The van der Waals surface area contributed by atoms with Crippen molar-refractivity contribution in [3.8, 4) is 0 Å². The Morgan fingerprint density at radius 1 is 1.65 bits per heavy atom. The van der Waals surface area contributed by atoms with Gasteiger partial charge in [-0.25, -0.2) is 19.3 Å². The third-order valence-corrected chi connectivity index (χ3v) is 2.41. The van der Waals surface area contributed by atoms with Gasteiger partial charge in [-0.05, 0) is 19.8 Å². The number of hydrogen-bond acceptors (Lipinski definition) is 5. The van der Waals surface area contributed by atoms with Crippen molar-refractivity contribution >= 4 is 11.5 Å². The van der Waals surface area contributed by atoms with Crippen LogP contribution < -0.4 is 11.0 Å². The van der Waals surface area contributed by atoms with Crippen molar-refractivity contribution in [2.75, 3.05) is 11.9 Å². The zero-order valence-corrected chi connectivity index (χ0v) is 9.55. The third-order valence-electron chi connectivity index (χ3n) is 2.41. The van der Waals surface area contributed by atoms with Crippen molar-refractivity contribution in [2.45, 2.75) is 25.9 Å². The minimum absolute atomic E-state index is 0.280. The van der Waals surface area contributed by atoms with E-state index < -0.39 is 0 Å². The van der Waals surface area contributed by atoms with E-state index in [2.05, 4.69) is 20.5 Å². The molecule has 0 radical (unpaired) electrons. The molecule has 17 heavy (non-hydrogen) atoms. The van der Waals surface area contributed by atoms with Gasteiger partial charge in [-0.3, -0.25) is 0 Å². The fourth-order valence-electron chi connectivity index (χ4n) is 1.52. The summed E-state index contributed by atoms with van der Waals surface area (Å²) in [5, 5.41) is 18.4. The van der Waals surface area contributed by atoms with Gasteiger partial charge in [0.05, 0.1) is 6.10 Å². The Labute approximate surface area is 97.5 Å². The van der Waals surface area contributed by atoms with Crippen molar-refractivity contribution in [1.29, 1.82) is 0 Å². The molecule has 0 saturated heterocycles. The summed E-state index contributed by atoms with van der Waals surface area (Å²) in [6, 6.07) is 1.69. The van der Waals surface area contributed by atoms with Gasteiger partial charge in [-0.2, -0.15) is 5.10 Å². The average Bonchev–Trinajstić information content (AvgIpc) is 2.66. The molecule has 2 rings (SSSR count). The molecule has 0 aliphatic rings. The maximum absolute atomic E-state index is 11.2. The van der Waals surface area contributed by atoms with E-state index in [4.69, 9.17) is 5.11 Å². The lowest BCUT2D eigenvalue weighted by atomic mass is 10.2. The number of aromatic nitrogens is 4. The highest BCUT2D eigenvalue weighted by Crippen LogP contribution is 2.05. The van der Waals surface area contributed by atoms with Gasteiger partial charge in [0.1, 0.15) is 12.1 Å². The van der Waals surface area contributed by atoms with Crippen molar-refractivity contribution in [3.05, 3.63) is 22.9 Å². The fourth-order valence-corrected chi connectivity index (χ4v) is 1.52. The van der Waals surface area contributed by atoms with E-state index in [-0.39, 0.29) is 11.8 Å². The van der Waals surface area contributed by atoms with E-state index in [1.54, 1.807) is 13.0 Å². The molecule has 1 atom stereocenters. The molecule has 92 valence electrons. The van der Waals surface area contributed by atoms with Crippen LogP contribution in [-0.2, 0) is 0 Å². The monoisotopic (exact) mass is 237 g/mol. The molecule has 2 aromatic rings. The number of hydrogen-bond donors (Lipinski definition) is 3. The van der Waals surface area contributed by atoms with Gasteiger partial charge < -0.3 is 10.4 Å². The Morgan fingerprint density at radius 2 is 2.47 bits per heavy atom. The molecule has 1 unspecified atom stereocenters. The number of aliphatic hydroxyl groups excluding tert-OH is 1. The van der Waals surface area contributed by atoms with E-state index in [0.29, 0.717) is 11.5 Å². The van der Waals surface area contributed by atoms with Crippen LogP contribution >= 0.6 is 0 Å². The number of fused-ring (bicyclic) bond motifs is 1. The summed E-state index contributed by atoms with van der Waals surface area (Å²) in [5.41, 5.74) is 0.233. The lowest BCUT2D eigenvalue weighted by Crippen LogP contribution is -2.11. The van der Waals surface area contributed by atoms with Crippen LogP contribution in [0.1, 0.15) is 19.8 Å². The van der Waals surface area contributed by atoms with Crippen LogP contribution in [0.2, 0.25) is 0 Å². The number of H-pyrrole nitrogens is 1. The van der Waals surface area contributed by atoms with Gasteiger partial charge in [-0.15, -0.1) is 0 Å². The number of aliphatic hydroxyl groups is 1. The third kappa shape index (κ3) is 2.82. The molecule has 3 N–H and O–H groups in total. The SMILES string of the molecule is CC(O)CCCNc1cc2n[nH]c(=O)n2cn1. The number of nitrogens with zero attached hydrogens (tertiary/aromatic N) is 3. The van der Waals surface area contributed by atoms with Gasteiger partial charge >= 0.3 is 5.69 Å². The fraction of sp³-hybridized carbons (Fsp3) is 0.500. The Morgan fingerprint density at radius 3 is 3.24 bits per heavy atom. The summed E-state index contributed by atoms with van der Waals surface area (Å²) in [6.45, 7) is 2.49. The van der Waals surface area contributed by atoms with Crippen molar-refractivity contribution < 1.29 is 5.11 Å². The maximum atomic E-state index is 11.2. The van der Waals surface area contributed by atoms with Crippen LogP contribution in [0, 0.1) is 0 Å². The van der Waals surface area contributed by atoms with Gasteiger partial charge in [-0.1, -0.05) is 0 Å². The first-order valence-corrected chi connectivity index (χ1v) is 5.51. The second kappa shape index (κ2) is 4.96. The van der Waals surface area contributed by atoms with E-state index >= 15 is 0 Å². The van der Waals surface area contributed by atoms with Crippen LogP contribution in [-0.4, -0.2) is 37.3 Å². The lowest BCUT2D eigenvalue weighted by molar-refractivity contribution is 0.183. The highest BCUT2D eigenvalue weighted by atomic mass is 16.3. The quantitative estimate of drug-likeness (QED) is 0.636. The molecule has 0 bridgehead atoms. The van der Waals surface area contributed by atoms with Crippen LogP contribution in [0.15, 0.2) is 17.2 Å². The zero-order valence-electron chi connectivity index (χ0n) is 9.55. The second-order valence-corrected chi connectivity index (χ2v) is 3.95. The summed E-state index contributed by atoms with van der Waals surface area (Å²) in [5.74, 6) is 0.669. The molecule has 0 aliphatic carbocycles. The van der Waals surface area contributed by atoms with Crippen LogP contribution in [0.3, 0.4) is 0 Å². The van der Waals surface area contributed by atoms with Gasteiger partial charge in [0.25, 0.3) is 0 Å².